The number of para-hydroxylation sites is 1. The molecule has 0 amide bonds. The van der Waals surface area contributed by atoms with E-state index in [2.05, 4.69) is 30.6 Å². The highest BCUT2D eigenvalue weighted by Gasteiger charge is 2.11. The minimum Gasteiger partial charge on any atom is -0.338 e. The molecule has 7 heteroatoms. The Hall–Kier alpha value is -3.25. The molecular formula is C19H15ClN6. The Morgan fingerprint density at radius 3 is 2.50 bits per heavy atom. The van der Waals surface area contributed by atoms with Crippen LogP contribution in [0.15, 0.2) is 60.9 Å². The van der Waals surface area contributed by atoms with Crippen molar-refractivity contribution < 1.29 is 0 Å². The first-order chi connectivity index (χ1) is 12.7. The van der Waals surface area contributed by atoms with Gasteiger partial charge in [0.2, 0.25) is 5.95 Å². The van der Waals surface area contributed by atoms with Crippen molar-refractivity contribution in [3.8, 4) is 0 Å². The summed E-state index contributed by atoms with van der Waals surface area (Å²) in [6, 6.07) is 15.4. The summed E-state index contributed by atoms with van der Waals surface area (Å²) < 4.78 is 0. The third-order valence-corrected chi connectivity index (χ3v) is 4.04. The zero-order chi connectivity index (χ0) is 17.9. The van der Waals surface area contributed by atoms with Crippen molar-refractivity contribution in [2.24, 2.45) is 0 Å². The van der Waals surface area contributed by atoms with Crippen LogP contribution in [-0.2, 0) is 0 Å². The van der Waals surface area contributed by atoms with Gasteiger partial charge in [-0.25, -0.2) is 9.97 Å². The summed E-state index contributed by atoms with van der Waals surface area (Å²) in [6.07, 6.45) is 3.23. The van der Waals surface area contributed by atoms with Gasteiger partial charge in [-0.2, -0.15) is 9.97 Å². The lowest BCUT2D eigenvalue weighted by atomic mass is 10.2. The van der Waals surface area contributed by atoms with Crippen molar-refractivity contribution in [3.05, 3.63) is 71.5 Å². The Morgan fingerprint density at radius 1 is 0.885 bits per heavy atom. The molecule has 0 unspecified atom stereocenters. The van der Waals surface area contributed by atoms with E-state index in [0.29, 0.717) is 28.0 Å². The van der Waals surface area contributed by atoms with Crippen LogP contribution in [0.3, 0.4) is 0 Å². The molecule has 128 valence electrons. The van der Waals surface area contributed by atoms with Gasteiger partial charge in [0.15, 0.2) is 17.0 Å². The minimum absolute atomic E-state index is 0.432. The SMILES string of the molecule is Cc1cc(Cl)ccc1Nc1nc(Nc2ccccc2)c2nccnc2n1. The van der Waals surface area contributed by atoms with Gasteiger partial charge in [0, 0.05) is 28.8 Å². The molecular weight excluding hydrogens is 348 g/mol. The van der Waals surface area contributed by atoms with Gasteiger partial charge in [-0.15, -0.1) is 0 Å². The van der Waals surface area contributed by atoms with E-state index in [-0.39, 0.29) is 0 Å². The first-order valence-corrected chi connectivity index (χ1v) is 8.41. The number of nitrogens with one attached hydrogen (secondary N) is 2. The molecule has 0 saturated carbocycles. The Kier molecular flexibility index (Phi) is 4.33. The first-order valence-electron chi connectivity index (χ1n) is 8.03. The highest BCUT2D eigenvalue weighted by atomic mass is 35.5. The van der Waals surface area contributed by atoms with Crippen LogP contribution in [0.5, 0.6) is 0 Å². The number of benzene rings is 2. The fraction of sp³-hybridized carbons (Fsp3) is 0.0526. The number of halogens is 1. The molecule has 2 aromatic heterocycles. The molecule has 26 heavy (non-hydrogen) atoms. The summed E-state index contributed by atoms with van der Waals surface area (Å²) in [5.41, 5.74) is 3.90. The summed E-state index contributed by atoms with van der Waals surface area (Å²) >= 11 is 6.03. The fourth-order valence-electron chi connectivity index (χ4n) is 2.55. The van der Waals surface area contributed by atoms with Crippen molar-refractivity contribution in [2.75, 3.05) is 10.6 Å². The molecule has 4 rings (SSSR count). The van der Waals surface area contributed by atoms with E-state index < -0.39 is 0 Å². The van der Waals surface area contributed by atoms with Gasteiger partial charge in [-0.1, -0.05) is 29.8 Å². The lowest BCUT2D eigenvalue weighted by Crippen LogP contribution is -2.04. The summed E-state index contributed by atoms with van der Waals surface area (Å²) in [7, 11) is 0. The average molecular weight is 363 g/mol. The Balaban J connectivity index is 1.76. The van der Waals surface area contributed by atoms with Crippen LogP contribution in [0.1, 0.15) is 5.56 Å². The smallest absolute Gasteiger partial charge is 0.231 e. The molecule has 4 aromatic rings. The van der Waals surface area contributed by atoms with Crippen molar-refractivity contribution >= 4 is 45.9 Å². The lowest BCUT2D eigenvalue weighted by molar-refractivity contribution is 1.14. The molecule has 0 radical (unpaired) electrons. The standard InChI is InChI=1S/C19H15ClN6/c1-12-11-13(20)7-8-15(12)24-19-25-17-16(21-9-10-22-17)18(26-19)23-14-5-3-2-4-6-14/h2-11H,1H3,(H2,22,23,24,25,26). The number of nitrogens with zero attached hydrogens (tertiary/aromatic N) is 4. The number of hydrogen-bond acceptors (Lipinski definition) is 6. The summed E-state index contributed by atoms with van der Waals surface area (Å²) in [5, 5.41) is 7.20. The minimum atomic E-state index is 0.432. The first kappa shape index (κ1) is 16.2. The molecule has 2 aromatic carbocycles. The normalized spacial score (nSPS) is 10.7. The maximum atomic E-state index is 6.03. The van der Waals surface area contributed by atoms with Crippen molar-refractivity contribution in [1.29, 1.82) is 0 Å². The average Bonchev–Trinajstić information content (AvgIpc) is 2.65. The number of rotatable bonds is 4. The zero-order valence-corrected chi connectivity index (χ0v) is 14.7. The van der Waals surface area contributed by atoms with E-state index >= 15 is 0 Å². The van der Waals surface area contributed by atoms with E-state index in [1.807, 2.05) is 55.5 Å². The van der Waals surface area contributed by atoms with Gasteiger partial charge in [0.05, 0.1) is 0 Å². The molecule has 0 spiro atoms. The molecule has 2 heterocycles. The molecule has 0 aliphatic carbocycles. The molecule has 0 bridgehead atoms. The summed E-state index contributed by atoms with van der Waals surface area (Å²) in [5.74, 6) is 1.02. The van der Waals surface area contributed by atoms with Gasteiger partial charge in [0.25, 0.3) is 0 Å². The number of aryl methyl sites for hydroxylation is 1. The second-order valence-electron chi connectivity index (χ2n) is 5.70. The predicted octanol–water partition coefficient (Wildman–Crippen LogP) is 4.87. The highest BCUT2D eigenvalue weighted by molar-refractivity contribution is 6.30. The van der Waals surface area contributed by atoms with Gasteiger partial charge < -0.3 is 10.6 Å². The van der Waals surface area contributed by atoms with Gasteiger partial charge in [0.1, 0.15) is 0 Å². The van der Waals surface area contributed by atoms with E-state index in [4.69, 9.17) is 11.6 Å². The van der Waals surface area contributed by atoms with Gasteiger partial charge >= 0.3 is 0 Å². The Morgan fingerprint density at radius 2 is 1.69 bits per heavy atom. The van der Waals surface area contributed by atoms with Crippen LogP contribution in [0.4, 0.5) is 23.1 Å². The van der Waals surface area contributed by atoms with Crippen LogP contribution in [0, 0.1) is 6.92 Å². The quantitative estimate of drug-likeness (QED) is 0.539. The molecule has 0 saturated heterocycles. The van der Waals surface area contributed by atoms with E-state index in [9.17, 15) is 0 Å². The zero-order valence-electron chi connectivity index (χ0n) is 13.9. The molecule has 0 aliphatic rings. The molecule has 0 aliphatic heterocycles. The maximum absolute atomic E-state index is 6.03. The second-order valence-corrected chi connectivity index (χ2v) is 6.14. The van der Waals surface area contributed by atoms with Gasteiger partial charge in [-0.05, 0) is 42.8 Å². The topological polar surface area (TPSA) is 75.6 Å². The summed E-state index contributed by atoms with van der Waals surface area (Å²) in [4.78, 5) is 17.7. The van der Waals surface area contributed by atoms with Gasteiger partial charge in [-0.3, -0.25) is 0 Å². The lowest BCUT2D eigenvalue weighted by Gasteiger charge is -2.12. The van der Waals surface area contributed by atoms with Crippen LogP contribution in [0.2, 0.25) is 5.02 Å². The third-order valence-electron chi connectivity index (χ3n) is 3.80. The third kappa shape index (κ3) is 3.41. The van der Waals surface area contributed by atoms with Crippen molar-refractivity contribution in [2.45, 2.75) is 6.92 Å². The van der Waals surface area contributed by atoms with E-state index in [0.717, 1.165) is 16.9 Å². The number of aromatic nitrogens is 4. The van der Waals surface area contributed by atoms with E-state index in [1.165, 1.54) is 0 Å². The summed E-state index contributed by atoms with van der Waals surface area (Å²) in [6.45, 7) is 1.97. The number of hydrogen-bond donors (Lipinski definition) is 2. The fourth-order valence-corrected chi connectivity index (χ4v) is 2.78. The second kappa shape index (κ2) is 6.93. The highest BCUT2D eigenvalue weighted by Crippen LogP contribution is 2.26. The Bertz CT molecular complexity index is 1070. The van der Waals surface area contributed by atoms with E-state index in [1.54, 1.807) is 12.4 Å². The Labute approximate surface area is 155 Å². The van der Waals surface area contributed by atoms with Crippen LogP contribution in [-0.4, -0.2) is 19.9 Å². The van der Waals surface area contributed by atoms with Crippen molar-refractivity contribution in [3.63, 3.8) is 0 Å². The van der Waals surface area contributed by atoms with Crippen LogP contribution < -0.4 is 10.6 Å². The monoisotopic (exact) mass is 362 g/mol. The molecule has 2 N–H and O–H groups in total. The van der Waals surface area contributed by atoms with Crippen molar-refractivity contribution in [1.82, 2.24) is 19.9 Å². The molecule has 0 atom stereocenters. The largest absolute Gasteiger partial charge is 0.338 e. The number of fused-ring (bicyclic) bond motifs is 1. The predicted molar refractivity (Wildman–Crippen MR) is 104 cm³/mol. The maximum Gasteiger partial charge on any atom is 0.231 e. The number of anilines is 4. The van der Waals surface area contributed by atoms with Crippen LogP contribution >= 0.6 is 11.6 Å². The van der Waals surface area contributed by atoms with Crippen LogP contribution in [0.25, 0.3) is 11.2 Å². The molecule has 0 fully saturated rings. The molecule has 6 nitrogen and oxygen atoms in total.